The second kappa shape index (κ2) is 4.52. The molecular formula is C10H10N4O2. The third-order valence-corrected chi connectivity index (χ3v) is 2.23. The van der Waals surface area contributed by atoms with Crippen molar-refractivity contribution in [3.63, 3.8) is 0 Å². The predicted octanol–water partition coefficient (Wildman–Crippen LogP) is 1.90. The molecule has 0 fully saturated rings. The Morgan fingerprint density at radius 2 is 2.12 bits per heavy atom. The lowest BCUT2D eigenvalue weighted by molar-refractivity contribution is -0.759. The Labute approximate surface area is 91.8 Å². The van der Waals surface area contributed by atoms with Gasteiger partial charge in [0.15, 0.2) is 0 Å². The van der Waals surface area contributed by atoms with Gasteiger partial charge in [-0.1, -0.05) is 30.3 Å². The summed E-state index contributed by atoms with van der Waals surface area (Å²) in [6, 6.07) is 9.81. The maximum atomic E-state index is 9.98. The lowest BCUT2D eigenvalue weighted by Crippen LogP contribution is -2.38. The summed E-state index contributed by atoms with van der Waals surface area (Å²) >= 11 is 0. The van der Waals surface area contributed by atoms with E-state index >= 15 is 0 Å². The third kappa shape index (κ3) is 2.05. The van der Waals surface area contributed by atoms with Crippen molar-refractivity contribution in [1.29, 1.82) is 0 Å². The molecule has 6 nitrogen and oxygen atoms in total. The largest absolute Gasteiger partial charge is 0.775 e. The summed E-state index contributed by atoms with van der Waals surface area (Å²) in [7, 11) is 0. The number of rotatable bonds is 3. The van der Waals surface area contributed by atoms with Crippen LogP contribution in [0.4, 0.5) is 5.88 Å². The molecule has 6 heteroatoms. The number of nitrogens with zero attached hydrogens (tertiary/aromatic N) is 4. The molecule has 82 valence electrons. The van der Waals surface area contributed by atoms with E-state index in [2.05, 4.69) is 15.7 Å². The molecule has 0 atom stereocenters. The molecule has 0 aliphatic heterocycles. The van der Waals surface area contributed by atoms with Crippen molar-refractivity contribution < 1.29 is 9.20 Å². The van der Waals surface area contributed by atoms with Gasteiger partial charge in [-0.2, -0.15) is 0 Å². The Hall–Kier alpha value is -2.24. The summed E-state index contributed by atoms with van der Waals surface area (Å²) < 4.78 is 6.48. The van der Waals surface area contributed by atoms with Crippen LogP contribution in [0.5, 0.6) is 0 Å². The summed E-state index contributed by atoms with van der Waals surface area (Å²) in [5, 5.41) is 19.5. The van der Waals surface area contributed by atoms with E-state index in [4.69, 9.17) is 4.52 Å². The Morgan fingerprint density at radius 1 is 1.38 bits per heavy atom. The first-order valence-corrected chi connectivity index (χ1v) is 4.75. The Bertz CT molecular complexity index is 493. The zero-order valence-electron chi connectivity index (χ0n) is 8.70. The lowest BCUT2D eigenvalue weighted by Gasteiger charge is -1.91. The van der Waals surface area contributed by atoms with Crippen LogP contribution >= 0.6 is 0 Å². The van der Waals surface area contributed by atoms with Crippen molar-refractivity contribution in [1.82, 2.24) is 5.27 Å². The first-order chi connectivity index (χ1) is 7.81. The normalized spacial score (nSPS) is 11.1. The highest BCUT2D eigenvalue weighted by atomic mass is 16.5. The van der Waals surface area contributed by atoms with E-state index in [1.54, 1.807) is 11.6 Å². The van der Waals surface area contributed by atoms with Crippen LogP contribution in [0.2, 0.25) is 0 Å². The van der Waals surface area contributed by atoms with Crippen LogP contribution in [-0.2, 0) is 6.54 Å². The lowest BCUT2D eigenvalue weighted by atomic mass is 10.2. The minimum atomic E-state index is 0.144. The van der Waals surface area contributed by atoms with E-state index in [-0.39, 0.29) is 5.88 Å². The zero-order chi connectivity index (χ0) is 11.4. The fraction of sp³-hybridized carbons (Fsp3) is 0.200. The molecule has 0 bridgehead atoms. The number of aromatic nitrogens is 2. The molecule has 0 amide bonds. The van der Waals surface area contributed by atoms with Gasteiger partial charge in [0.25, 0.3) is 5.69 Å². The fourth-order valence-electron chi connectivity index (χ4n) is 1.36. The monoisotopic (exact) mass is 218 g/mol. The fourth-order valence-corrected chi connectivity index (χ4v) is 1.36. The molecule has 2 rings (SSSR count). The molecule has 1 heterocycles. The van der Waals surface area contributed by atoms with Crippen molar-refractivity contribution >= 4 is 5.88 Å². The van der Waals surface area contributed by atoms with Crippen LogP contribution in [0.25, 0.3) is 0 Å². The van der Waals surface area contributed by atoms with Gasteiger partial charge in [-0.3, -0.25) is 4.52 Å². The Kier molecular flexibility index (Phi) is 2.90. The van der Waals surface area contributed by atoms with Crippen molar-refractivity contribution in [3.05, 3.63) is 46.8 Å². The van der Waals surface area contributed by atoms with Gasteiger partial charge in [-0.25, -0.2) is 5.28 Å². The van der Waals surface area contributed by atoms with Crippen LogP contribution in [0.3, 0.4) is 0 Å². The summed E-state index contributed by atoms with van der Waals surface area (Å²) in [6.07, 6.45) is 0. The Balaban J connectivity index is 2.23. The number of hydrogen-bond donors (Lipinski definition) is 0. The van der Waals surface area contributed by atoms with Crippen LogP contribution in [0.1, 0.15) is 11.3 Å². The van der Waals surface area contributed by atoms with Crippen LogP contribution in [0.15, 0.2) is 45.2 Å². The van der Waals surface area contributed by atoms with Gasteiger partial charge in [-0.05, 0) is 4.68 Å². The van der Waals surface area contributed by atoms with E-state index in [0.717, 1.165) is 5.56 Å². The smallest absolute Gasteiger partial charge is 0.342 e. The molecule has 1 aromatic heterocycles. The van der Waals surface area contributed by atoms with Gasteiger partial charge < -0.3 is 5.21 Å². The molecule has 0 N–H and O–H groups in total. The molecule has 0 radical (unpaired) electrons. The summed E-state index contributed by atoms with van der Waals surface area (Å²) in [6.45, 7) is 2.34. The van der Waals surface area contributed by atoms with E-state index in [0.29, 0.717) is 12.2 Å². The molecule has 1 aromatic carbocycles. The van der Waals surface area contributed by atoms with Crippen molar-refractivity contribution in [2.24, 2.45) is 10.4 Å². The third-order valence-electron chi connectivity index (χ3n) is 2.23. The van der Waals surface area contributed by atoms with Crippen LogP contribution in [0, 0.1) is 12.1 Å². The topological polar surface area (TPSA) is 77.7 Å². The van der Waals surface area contributed by atoms with Gasteiger partial charge in [0.05, 0.1) is 0 Å². The maximum absolute atomic E-state index is 9.98. The van der Waals surface area contributed by atoms with E-state index in [1.807, 2.05) is 30.3 Å². The quantitative estimate of drug-likeness (QED) is 0.448. The Morgan fingerprint density at radius 3 is 2.81 bits per heavy atom. The molecule has 0 aliphatic carbocycles. The average molecular weight is 218 g/mol. The van der Waals surface area contributed by atoms with Gasteiger partial charge >= 0.3 is 5.88 Å². The van der Waals surface area contributed by atoms with Crippen LogP contribution < -0.4 is 4.68 Å². The molecule has 0 aliphatic rings. The van der Waals surface area contributed by atoms with Gasteiger partial charge in [-0.15, -0.1) is 5.11 Å². The molecule has 16 heavy (non-hydrogen) atoms. The van der Waals surface area contributed by atoms with Crippen molar-refractivity contribution in [3.8, 4) is 0 Å². The van der Waals surface area contributed by atoms with E-state index < -0.39 is 0 Å². The van der Waals surface area contributed by atoms with E-state index in [9.17, 15) is 5.21 Å². The molecular weight excluding hydrogens is 208 g/mol. The molecule has 0 spiro atoms. The highest BCUT2D eigenvalue weighted by Crippen LogP contribution is 2.13. The first kappa shape index (κ1) is 10.3. The average Bonchev–Trinajstić information content (AvgIpc) is 2.64. The molecule has 0 unspecified atom stereocenters. The SMILES string of the molecule is Cc1c(N=N[O-])on[n+]1Cc1ccccc1. The minimum Gasteiger partial charge on any atom is -0.775 e. The summed E-state index contributed by atoms with van der Waals surface area (Å²) in [4.78, 5) is 0. The maximum Gasteiger partial charge on any atom is 0.342 e. The predicted molar refractivity (Wildman–Crippen MR) is 54.9 cm³/mol. The van der Waals surface area contributed by atoms with Gasteiger partial charge in [0.1, 0.15) is 0 Å². The highest BCUT2D eigenvalue weighted by Gasteiger charge is 2.19. The molecule has 0 saturated carbocycles. The van der Waals surface area contributed by atoms with Gasteiger partial charge in [0, 0.05) is 12.5 Å². The summed E-state index contributed by atoms with van der Waals surface area (Å²) in [5.74, 6) is 0.144. The highest BCUT2D eigenvalue weighted by molar-refractivity contribution is 5.21. The summed E-state index contributed by atoms with van der Waals surface area (Å²) in [5.41, 5.74) is 1.76. The van der Waals surface area contributed by atoms with Crippen molar-refractivity contribution in [2.75, 3.05) is 0 Å². The van der Waals surface area contributed by atoms with Crippen LogP contribution in [-0.4, -0.2) is 5.27 Å². The first-order valence-electron chi connectivity index (χ1n) is 4.75. The number of hydrogen-bond acceptors (Lipinski definition) is 5. The molecule has 0 saturated heterocycles. The van der Waals surface area contributed by atoms with Crippen molar-refractivity contribution in [2.45, 2.75) is 13.5 Å². The van der Waals surface area contributed by atoms with E-state index in [1.165, 1.54) is 0 Å². The standard InChI is InChI=1S/C10H10N4O2/c1-8-10(11-12-15)16-13-14(8)7-9-5-3-2-4-6-9/h2-6H,7H2,1H3. The zero-order valence-corrected chi connectivity index (χ0v) is 8.70. The second-order valence-electron chi connectivity index (χ2n) is 3.29. The number of benzene rings is 1. The van der Waals surface area contributed by atoms with Gasteiger partial charge in [0.2, 0.25) is 11.8 Å². The second-order valence-corrected chi connectivity index (χ2v) is 3.29. The minimum absolute atomic E-state index is 0.144. The molecule has 2 aromatic rings.